The van der Waals surface area contributed by atoms with Crippen LogP contribution in [0.15, 0.2) is 0 Å². The third-order valence-corrected chi connectivity index (χ3v) is 5.90. The lowest BCUT2D eigenvalue weighted by atomic mass is 9.44. The van der Waals surface area contributed by atoms with Crippen molar-refractivity contribution in [2.75, 3.05) is 0 Å². The first-order valence-electron chi connectivity index (χ1n) is 8.47. The Kier molecular flexibility index (Phi) is 3.47. The van der Waals surface area contributed by atoms with Gasteiger partial charge < -0.3 is 15.3 Å². The first-order chi connectivity index (χ1) is 9.30. The lowest BCUT2D eigenvalue weighted by Gasteiger charge is -2.66. The van der Waals surface area contributed by atoms with Crippen molar-refractivity contribution in [3.05, 3.63) is 0 Å². The maximum absolute atomic E-state index is 10.7. The molecule has 116 valence electrons. The molecule has 0 heterocycles. The van der Waals surface area contributed by atoms with Crippen molar-refractivity contribution in [1.29, 1.82) is 0 Å². The van der Waals surface area contributed by atoms with E-state index in [0.29, 0.717) is 19.3 Å². The van der Waals surface area contributed by atoms with E-state index in [0.717, 1.165) is 25.7 Å². The van der Waals surface area contributed by atoms with E-state index in [2.05, 4.69) is 6.92 Å². The molecule has 4 fully saturated rings. The minimum atomic E-state index is -0.818. The molecule has 3 heteroatoms. The summed E-state index contributed by atoms with van der Waals surface area (Å²) in [5, 5.41) is 32.2. The van der Waals surface area contributed by atoms with Crippen LogP contribution in [-0.2, 0) is 0 Å². The summed E-state index contributed by atoms with van der Waals surface area (Å²) in [5.74, 6) is 0. The SMILES string of the molecule is CCCCCCCC12CC3(O)CC(O)(CC(O)(C3)C1)C2. The summed E-state index contributed by atoms with van der Waals surface area (Å²) in [6.07, 6.45) is 11.1. The molecule has 20 heavy (non-hydrogen) atoms. The Balaban J connectivity index is 1.67. The van der Waals surface area contributed by atoms with Crippen LogP contribution >= 0.6 is 0 Å². The molecule has 4 saturated carbocycles. The fourth-order valence-corrected chi connectivity index (χ4v) is 6.05. The smallest absolute Gasteiger partial charge is 0.0707 e. The van der Waals surface area contributed by atoms with Gasteiger partial charge in [-0.3, -0.25) is 0 Å². The molecule has 4 aliphatic carbocycles. The highest BCUT2D eigenvalue weighted by Crippen LogP contribution is 2.65. The van der Waals surface area contributed by atoms with Gasteiger partial charge in [-0.1, -0.05) is 39.0 Å². The van der Waals surface area contributed by atoms with Crippen LogP contribution in [0.1, 0.15) is 84.0 Å². The molecule has 4 bridgehead atoms. The van der Waals surface area contributed by atoms with E-state index < -0.39 is 16.8 Å². The minimum Gasteiger partial charge on any atom is -0.390 e. The van der Waals surface area contributed by atoms with Crippen LogP contribution in [-0.4, -0.2) is 32.1 Å². The average Bonchev–Trinajstić information content (AvgIpc) is 2.21. The number of hydrogen-bond acceptors (Lipinski definition) is 3. The molecule has 0 aromatic heterocycles. The Bertz CT molecular complexity index is 325. The maximum atomic E-state index is 10.7. The Hall–Kier alpha value is -0.120. The quantitative estimate of drug-likeness (QED) is 0.656. The number of hydrogen-bond donors (Lipinski definition) is 3. The van der Waals surface area contributed by atoms with Gasteiger partial charge in [-0.25, -0.2) is 0 Å². The van der Waals surface area contributed by atoms with Crippen LogP contribution in [0.2, 0.25) is 0 Å². The van der Waals surface area contributed by atoms with Gasteiger partial charge in [0, 0.05) is 19.3 Å². The Morgan fingerprint density at radius 3 is 1.55 bits per heavy atom. The van der Waals surface area contributed by atoms with Crippen LogP contribution in [0.25, 0.3) is 0 Å². The molecule has 0 atom stereocenters. The fourth-order valence-electron chi connectivity index (χ4n) is 6.05. The summed E-state index contributed by atoms with van der Waals surface area (Å²) in [6, 6.07) is 0. The van der Waals surface area contributed by atoms with Crippen LogP contribution in [0, 0.1) is 5.41 Å². The van der Waals surface area contributed by atoms with Crippen molar-refractivity contribution in [2.45, 2.75) is 101 Å². The Labute approximate surface area is 122 Å². The molecule has 0 amide bonds. The summed E-state index contributed by atoms with van der Waals surface area (Å²) >= 11 is 0. The van der Waals surface area contributed by atoms with Crippen LogP contribution < -0.4 is 0 Å². The van der Waals surface area contributed by atoms with E-state index in [1.165, 1.54) is 32.1 Å². The van der Waals surface area contributed by atoms with Crippen LogP contribution in [0.3, 0.4) is 0 Å². The first-order valence-corrected chi connectivity index (χ1v) is 8.47. The molecule has 0 saturated heterocycles. The first kappa shape index (κ1) is 14.8. The molecule has 3 N–H and O–H groups in total. The van der Waals surface area contributed by atoms with E-state index in [4.69, 9.17) is 0 Å². The summed E-state index contributed by atoms with van der Waals surface area (Å²) in [4.78, 5) is 0. The third-order valence-electron chi connectivity index (χ3n) is 5.90. The van der Waals surface area contributed by atoms with Gasteiger partial charge in [0.1, 0.15) is 0 Å². The van der Waals surface area contributed by atoms with Gasteiger partial charge in [0.05, 0.1) is 16.8 Å². The Morgan fingerprint density at radius 1 is 0.650 bits per heavy atom. The third kappa shape index (κ3) is 2.65. The van der Waals surface area contributed by atoms with Gasteiger partial charge in [-0.15, -0.1) is 0 Å². The zero-order valence-electron chi connectivity index (χ0n) is 12.8. The molecule has 0 unspecified atom stereocenters. The summed E-state index contributed by atoms with van der Waals surface area (Å²) in [5.41, 5.74) is -2.47. The number of unbranched alkanes of at least 4 members (excludes halogenated alkanes) is 4. The second-order valence-corrected chi connectivity index (χ2v) is 8.40. The van der Waals surface area contributed by atoms with Crippen molar-refractivity contribution in [2.24, 2.45) is 5.41 Å². The van der Waals surface area contributed by atoms with Gasteiger partial charge in [0.25, 0.3) is 0 Å². The molecule has 3 nitrogen and oxygen atoms in total. The van der Waals surface area contributed by atoms with Crippen molar-refractivity contribution in [3.63, 3.8) is 0 Å². The highest BCUT2D eigenvalue weighted by Gasteiger charge is 2.67. The van der Waals surface area contributed by atoms with Gasteiger partial charge in [-0.05, 0) is 31.1 Å². The highest BCUT2D eigenvalue weighted by atomic mass is 16.3. The molecule has 0 aliphatic heterocycles. The molecular formula is C17H30O3. The predicted octanol–water partition coefficient (Wildman–Crippen LogP) is 2.91. The number of rotatable bonds is 6. The standard InChI is InChI=1S/C17H30O3/c1-2-3-4-5-6-7-14-8-15(18)11-16(19,9-14)13-17(20,10-14)12-15/h18-20H,2-13H2,1H3. The molecule has 0 spiro atoms. The van der Waals surface area contributed by atoms with Crippen molar-refractivity contribution < 1.29 is 15.3 Å². The monoisotopic (exact) mass is 282 g/mol. The van der Waals surface area contributed by atoms with Gasteiger partial charge in [0.2, 0.25) is 0 Å². The molecular weight excluding hydrogens is 252 g/mol. The van der Waals surface area contributed by atoms with Crippen molar-refractivity contribution in [1.82, 2.24) is 0 Å². The zero-order chi connectivity index (χ0) is 14.5. The average molecular weight is 282 g/mol. The van der Waals surface area contributed by atoms with Crippen molar-refractivity contribution in [3.8, 4) is 0 Å². The lowest BCUT2D eigenvalue weighted by Crippen LogP contribution is -2.69. The van der Waals surface area contributed by atoms with Gasteiger partial charge >= 0.3 is 0 Å². The normalized spacial score (nSPS) is 49.8. The molecule has 4 aliphatic rings. The molecule has 0 aromatic carbocycles. The molecule has 0 aromatic rings. The van der Waals surface area contributed by atoms with E-state index in [1.54, 1.807) is 0 Å². The van der Waals surface area contributed by atoms with Crippen LogP contribution in [0.5, 0.6) is 0 Å². The topological polar surface area (TPSA) is 60.7 Å². The maximum Gasteiger partial charge on any atom is 0.0707 e. The van der Waals surface area contributed by atoms with E-state index in [9.17, 15) is 15.3 Å². The lowest BCUT2D eigenvalue weighted by molar-refractivity contribution is -0.281. The van der Waals surface area contributed by atoms with Crippen molar-refractivity contribution >= 4 is 0 Å². The summed E-state index contributed by atoms with van der Waals surface area (Å²) in [6.45, 7) is 2.22. The van der Waals surface area contributed by atoms with Gasteiger partial charge in [-0.2, -0.15) is 0 Å². The summed E-state index contributed by atoms with van der Waals surface area (Å²) < 4.78 is 0. The number of aliphatic hydroxyl groups is 3. The Morgan fingerprint density at radius 2 is 1.10 bits per heavy atom. The predicted molar refractivity (Wildman–Crippen MR) is 78.4 cm³/mol. The van der Waals surface area contributed by atoms with Gasteiger partial charge in [0.15, 0.2) is 0 Å². The largest absolute Gasteiger partial charge is 0.390 e. The van der Waals surface area contributed by atoms with Crippen LogP contribution in [0.4, 0.5) is 0 Å². The van der Waals surface area contributed by atoms with E-state index in [1.807, 2.05) is 0 Å². The zero-order valence-corrected chi connectivity index (χ0v) is 12.8. The second-order valence-electron chi connectivity index (χ2n) is 8.40. The molecule has 4 rings (SSSR count). The highest BCUT2D eigenvalue weighted by molar-refractivity contribution is 5.19. The molecule has 0 radical (unpaired) electrons. The summed E-state index contributed by atoms with van der Waals surface area (Å²) in [7, 11) is 0. The second kappa shape index (κ2) is 4.69. The fraction of sp³-hybridized carbons (Fsp3) is 1.00. The van der Waals surface area contributed by atoms with E-state index in [-0.39, 0.29) is 5.41 Å². The minimum absolute atomic E-state index is 0.0147. The van der Waals surface area contributed by atoms with E-state index >= 15 is 0 Å².